The minimum Gasteiger partial charge on any atom is -0.349 e. The van der Waals surface area contributed by atoms with Gasteiger partial charge >= 0.3 is 6.18 Å². The van der Waals surface area contributed by atoms with Crippen molar-refractivity contribution >= 4 is 35.0 Å². The van der Waals surface area contributed by atoms with Crippen LogP contribution in [-0.4, -0.2) is 47.0 Å². The highest BCUT2D eigenvalue weighted by Gasteiger charge is 2.32. The zero-order valence-corrected chi connectivity index (χ0v) is 24.5. The number of rotatable bonds is 6. The molecular formula is C32H40F3N3OS. The number of hydrogen-bond donors (Lipinski definition) is 1. The van der Waals surface area contributed by atoms with Crippen LogP contribution in [0.3, 0.4) is 0 Å². The molecule has 2 aliphatic rings. The molecule has 2 heterocycles. The van der Waals surface area contributed by atoms with Crippen LogP contribution in [0.5, 0.6) is 0 Å². The van der Waals surface area contributed by atoms with Gasteiger partial charge in [-0.1, -0.05) is 51.1 Å². The van der Waals surface area contributed by atoms with E-state index in [4.69, 9.17) is 12.2 Å². The number of aryl methyl sites for hydroxylation is 1. The second kappa shape index (κ2) is 13.2. The predicted molar refractivity (Wildman–Crippen MR) is 160 cm³/mol. The lowest BCUT2D eigenvalue weighted by molar-refractivity contribution is -0.137. The number of carbonyl (C=O) groups excluding carboxylic acids is 1. The second-order valence-electron chi connectivity index (χ2n) is 11.3. The van der Waals surface area contributed by atoms with Gasteiger partial charge in [0, 0.05) is 37.9 Å². The summed E-state index contributed by atoms with van der Waals surface area (Å²) in [5.41, 5.74) is 3.40. The SMILES string of the molecule is CCc1cccc(C(C)C)c1NC(=S)N1CCC(C2CCN(C(=O)C=Cc3cccc(C(F)(F)F)c3)CC2)CC1. The highest BCUT2D eigenvalue weighted by molar-refractivity contribution is 7.80. The molecule has 2 aromatic rings. The van der Waals surface area contributed by atoms with Gasteiger partial charge in [0.1, 0.15) is 0 Å². The van der Waals surface area contributed by atoms with Crippen molar-refractivity contribution in [1.29, 1.82) is 0 Å². The van der Waals surface area contributed by atoms with E-state index in [0.29, 0.717) is 36.4 Å². The summed E-state index contributed by atoms with van der Waals surface area (Å²) in [6.45, 7) is 9.82. The van der Waals surface area contributed by atoms with E-state index < -0.39 is 11.7 Å². The minimum atomic E-state index is -4.40. The van der Waals surface area contributed by atoms with Crippen molar-refractivity contribution < 1.29 is 18.0 Å². The summed E-state index contributed by atoms with van der Waals surface area (Å²) in [6.07, 6.45) is 3.50. The Kier molecular flexibility index (Phi) is 9.93. The Balaban J connectivity index is 1.25. The van der Waals surface area contributed by atoms with Gasteiger partial charge in [-0.05, 0) is 97.0 Å². The van der Waals surface area contributed by atoms with E-state index >= 15 is 0 Å². The molecule has 216 valence electrons. The molecule has 0 atom stereocenters. The maximum Gasteiger partial charge on any atom is 0.416 e. The number of nitrogens with one attached hydrogen (secondary N) is 1. The largest absolute Gasteiger partial charge is 0.416 e. The first kappa shape index (κ1) is 30.1. The van der Waals surface area contributed by atoms with Crippen molar-refractivity contribution in [1.82, 2.24) is 9.80 Å². The van der Waals surface area contributed by atoms with E-state index in [9.17, 15) is 18.0 Å². The zero-order valence-electron chi connectivity index (χ0n) is 23.6. The third kappa shape index (κ3) is 7.45. The highest BCUT2D eigenvalue weighted by Crippen LogP contribution is 2.34. The van der Waals surface area contributed by atoms with Gasteiger partial charge in [-0.15, -0.1) is 0 Å². The number of nitrogens with zero attached hydrogens (tertiary/aromatic N) is 2. The molecule has 0 radical (unpaired) electrons. The normalized spacial score (nSPS) is 17.6. The lowest BCUT2D eigenvalue weighted by Gasteiger charge is -2.40. The quantitative estimate of drug-likeness (QED) is 0.284. The monoisotopic (exact) mass is 571 g/mol. The van der Waals surface area contributed by atoms with E-state index in [-0.39, 0.29) is 5.91 Å². The van der Waals surface area contributed by atoms with Crippen LogP contribution in [0, 0.1) is 11.8 Å². The molecular weight excluding hydrogens is 531 g/mol. The Bertz CT molecular complexity index is 1210. The number of amides is 1. The molecule has 1 amide bonds. The smallest absolute Gasteiger partial charge is 0.349 e. The number of para-hydroxylation sites is 1. The number of likely N-dealkylation sites (tertiary alicyclic amines) is 2. The molecule has 0 aliphatic carbocycles. The van der Waals surface area contributed by atoms with Gasteiger partial charge in [-0.2, -0.15) is 13.2 Å². The van der Waals surface area contributed by atoms with Crippen molar-refractivity contribution in [3.63, 3.8) is 0 Å². The van der Waals surface area contributed by atoms with Crippen molar-refractivity contribution in [2.45, 2.75) is 65.0 Å². The van der Waals surface area contributed by atoms with Crippen LogP contribution in [0.4, 0.5) is 18.9 Å². The Morgan fingerprint density at radius 3 is 2.17 bits per heavy atom. The van der Waals surface area contributed by atoms with E-state index in [1.807, 2.05) is 4.90 Å². The molecule has 1 N–H and O–H groups in total. The maximum absolute atomic E-state index is 13.0. The lowest BCUT2D eigenvalue weighted by Crippen LogP contribution is -2.45. The fraction of sp³-hybridized carbons (Fsp3) is 0.500. The Labute approximate surface area is 241 Å². The standard InChI is InChI=1S/C32H40F3N3OS/c1-4-24-8-6-10-28(22(2)3)30(24)36-31(40)38-19-15-26(16-20-38)25-13-17-37(18-14-25)29(39)12-11-23-7-5-9-27(21-23)32(33,34)35/h5-12,21-22,25-26H,4,13-20H2,1-3H3,(H,36,40). The molecule has 0 saturated carbocycles. The molecule has 2 fully saturated rings. The molecule has 0 aromatic heterocycles. The fourth-order valence-electron chi connectivity index (χ4n) is 5.99. The number of benzene rings is 2. The van der Waals surface area contributed by atoms with Gasteiger partial charge in [-0.3, -0.25) is 4.79 Å². The van der Waals surface area contributed by atoms with E-state index in [1.54, 1.807) is 6.07 Å². The summed E-state index contributed by atoms with van der Waals surface area (Å²) in [5, 5.41) is 4.38. The number of anilines is 1. The van der Waals surface area contributed by atoms with Crippen LogP contribution < -0.4 is 5.32 Å². The number of carbonyl (C=O) groups is 1. The summed E-state index contributed by atoms with van der Waals surface area (Å²) in [6, 6.07) is 11.5. The van der Waals surface area contributed by atoms with Gasteiger partial charge in [0.15, 0.2) is 5.11 Å². The van der Waals surface area contributed by atoms with Gasteiger partial charge in [0.2, 0.25) is 5.91 Å². The lowest BCUT2D eigenvalue weighted by atomic mass is 9.79. The summed E-state index contributed by atoms with van der Waals surface area (Å²) in [4.78, 5) is 16.8. The molecule has 4 rings (SSSR count). The first-order chi connectivity index (χ1) is 19.1. The van der Waals surface area contributed by atoms with Gasteiger partial charge in [-0.25, -0.2) is 0 Å². The van der Waals surface area contributed by atoms with Crippen LogP contribution >= 0.6 is 12.2 Å². The van der Waals surface area contributed by atoms with E-state index in [2.05, 4.69) is 49.2 Å². The van der Waals surface area contributed by atoms with Crippen LogP contribution in [0.1, 0.15) is 74.6 Å². The summed E-state index contributed by atoms with van der Waals surface area (Å²) < 4.78 is 38.9. The van der Waals surface area contributed by atoms with Crippen LogP contribution in [0.15, 0.2) is 48.5 Å². The average molecular weight is 572 g/mol. The topological polar surface area (TPSA) is 35.6 Å². The average Bonchev–Trinajstić information content (AvgIpc) is 2.95. The Morgan fingerprint density at radius 1 is 1.00 bits per heavy atom. The van der Waals surface area contributed by atoms with E-state index in [1.165, 1.54) is 29.3 Å². The first-order valence-corrected chi connectivity index (χ1v) is 14.8. The Hall–Kier alpha value is -2.87. The van der Waals surface area contributed by atoms with Gasteiger partial charge < -0.3 is 15.1 Å². The van der Waals surface area contributed by atoms with Crippen LogP contribution in [0.2, 0.25) is 0 Å². The van der Waals surface area contributed by atoms with Crippen molar-refractivity contribution in [3.05, 3.63) is 70.8 Å². The molecule has 8 heteroatoms. The van der Waals surface area contributed by atoms with Crippen molar-refractivity contribution in [2.24, 2.45) is 11.8 Å². The third-order valence-corrected chi connectivity index (χ3v) is 8.76. The first-order valence-electron chi connectivity index (χ1n) is 14.4. The summed E-state index contributed by atoms with van der Waals surface area (Å²) in [5.74, 6) is 1.46. The van der Waals surface area contributed by atoms with Gasteiger partial charge in [0.25, 0.3) is 0 Å². The molecule has 0 bridgehead atoms. The number of hydrogen-bond acceptors (Lipinski definition) is 2. The number of thiocarbonyl (C=S) groups is 1. The Morgan fingerprint density at radius 2 is 1.60 bits per heavy atom. The third-order valence-electron chi connectivity index (χ3n) is 8.39. The molecule has 0 unspecified atom stereocenters. The predicted octanol–water partition coefficient (Wildman–Crippen LogP) is 7.75. The molecule has 2 aliphatic heterocycles. The zero-order chi connectivity index (χ0) is 28.9. The highest BCUT2D eigenvalue weighted by atomic mass is 32.1. The maximum atomic E-state index is 13.0. The molecule has 40 heavy (non-hydrogen) atoms. The summed E-state index contributed by atoms with van der Waals surface area (Å²) >= 11 is 5.84. The minimum absolute atomic E-state index is 0.143. The summed E-state index contributed by atoms with van der Waals surface area (Å²) in [7, 11) is 0. The second-order valence-corrected chi connectivity index (χ2v) is 11.7. The molecule has 2 aromatic carbocycles. The van der Waals surface area contributed by atoms with Crippen LogP contribution in [-0.2, 0) is 17.4 Å². The molecule has 4 nitrogen and oxygen atoms in total. The van der Waals surface area contributed by atoms with E-state index in [0.717, 1.165) is 68.1 Å². The number of halogens is 3. The number of piperidine rings is 2. The van der Waals surface area contributed by atoms with Crippen LogP contribution in [0.25, 0.3) is 6.08 Å². The fourth-order valence-corrected chi connectivity index (χ4v) is 6.28. The molecule has 0 spiro atoms. The van der Waals surface area contributed by atoms with Crippen molar-refractivity contribution in [2.75, 3.05) is 31.5 Å². The van der Waals surface area contributed by atoms with Gasteiger partial charge in [0.05, 0.1) is 5.56 Å². The van der Waals surface area contributed by atoms with Crippen molar-refractivity contribution in [3.8, 4) is 0 Å². The molecule has 2 saturated heterocycles. The number of alkyl halides is 3.